The minimum Gasteiger partial charge on any atom is -0.335 e. The molecule has 1 aliphatic rings. The summed E-state index contributed by atoms with van der Waals surface area (Å²) < 4.78 is 0. The fourth-order valence-electron chi connectivity index (χ4n) is 2.62. The van der Waals surface area contributed by atoms with Gasteiger partial charge in [0.05, 0.1) is 0 Å². The number of hydrogen-bond acceptors (Lipinski definition) is 3. The molecule has 100 valence electrons. The number of amides is 1. The van der Waals surface area contributed by atoms with Crippen LogP contribution in [0.1, 0.15) is 31.6 Å². The first-order valence-corrected chi connectivity index (χ1v) is 7.60. The van der Waals surface area contributed by atoms with Crippen LogP contribution in [0.3, 0.4) is 0 Å². The number of aryl methyl sites for hydroxylation is 1. The van der Waals surface area contributed by atoms with Gasteiger partial charge >= 0.3 is 0 Å². The predicted octanol–water partition coefficient (Wildman–Crippen LogP) is 2.28. The Bertz CT molecular complexity index is 367. The Morgan fingerprint density at radius 2 is 2.17 bits per heavy atom. The molecule has 0 aromatic carbocycles. The monoisotopic (exact) mass is 266 g/mol. The van der Waals surface area contributed by atoms with E-state index < -0.39 is 0 Å². The molecular weight excluding hydrogens is 244 g/mol. The molecule has 2 heterocycles. The Morgan fingerprint density at radius 1 is 1.44 bits per heavy atom. The zero-order valence-electron chi connectivity index (χ0n) is 11.2. The molecule has 0 aliphatic carbocycles. The topological polar surface area (TPSA) is 32.3 Å². The molecule has 3 nitrogen and oxygen atoms in total. The molecule has 2 rings (SSSR count). The average molecular weight is 266 g/mol. The van der Waals surface area contributed by atoms with Gasteiger partial charge in [-0.3, -0.25) is 4.79 Å². The van der Waals surface area contributed by atoms with Gasteiger partial charge in [-0.2, -0.15) is 0 Å². The van der Waals surface area contributed by atoms with Crippen LogP contribution in [0.4, 0.5) is 0 Å². The molecule has 1 saturated heterocycles. The SMILES string of the molecule is CC1CNCC(C)N1C(=O)CCCc1cccs1. The maximum absolute atomic E-state index is 12.2. The van der Waals surface area contributed by atoms with E-state index in [1.165, 1.54) is 4.88 Å². The highest BCUT2D eigenvalue weighted by molar-refractivity contribution is 7.09. The van der Waals surface area contributed by atoms with Crippen molar-refractivity contribution in [1.82, 2.24) is 10.2 Å². The van der Waals surface area contributed by atoms with E-state index in [4.69, 9.17) is 0 Å². The van der Waals surface area contributed by atoms with Gasteiger partial charge in [0.2, 0.25) is 5.91 Å². The van der Waals surface area contributed by atoms with E-state index in [2.05, 4.69) is 41.6 Å². The smallest absolute Gasteiger partial charge is 0.223 e. The molecule has 2 atom stereocenters. The molecule has 1 aromatic rings. The Morgan fingerprint density at radius 3 is 2.78 bits per heavy atom. The van der Waals surface area contributed by atoms with Gasteiger partial charge in [-0.1, -0.05) is 6.07 Å². The molecule has 2 unspecified atom stereocenters. The predicted molar refractivity (Wildman–Crippen MR) is 75.9 cm³/mol. The summed E-state index contributed by atoms with van der Waals surface area (Å²) in [4.78, 5) is 15.7. The van der Waals surface area contributed by atoms with Crippen LogP contribution in [0.15, 0.2) is 17.5 Å². The summed E-state index contributed by atoms with van der Waals surface area (Å²) in [5.41, 5.74) is 0. The van der Waals surface area contributed by atoms with E-state index in [0.29, 0.717) is 24.4 Å². The standard InChI is InChI=1S/C14H22N2OS/c1-11-9-15-10-12(2)16(11)14(17)7-3-5-13-6-4-8-18-13/h4,6,8,11-12,15H,3,5,7,9-10H2,1-2H3. The molecule has 1 fully saturated rings. The molecule has 1 aliphatic heterocycles. The minimum absolute atomic E-state index is 0.313. The summed E-state index contributed by atoms with van der Waals surface area (Å²) in [7, 11) is 0. The summed E-state index contributed by atoms with van der Waals surface area (Å²) in [5, 5.41) is 5.45. The zero-order chi connectivity index (χ0) is 13.0. The van der Waals surface area contributed by atoms with Gasteiger partial charge in [0.15, 0.2) is 0 Å². The van der Waals surface area contributed by atoms with Gasteiger partial charge < -0.3 is 10.2 Å². The lowest BCUT2D eigenvalue weighted by Crippen LogP contribution is -2.57. The number of hydrogen-bond donors (Lipinski definition) is 1. The van der Waals surface area contributed by atoms with Crippen LogP contribution < -0.4 is 5.32 Å². The average Bonchev–Trinajstić information content (AvgIpc) is 2.82. The molecule has 1 N–H and O–H groups in total. The van der Waals surface area contributed by atoms with Crippen LogP contribution in [0.2, 0.25) is 0 Å². The molecule has 18 heavy (non-hydrogen) atoms. The summed E-state index contributed by atoms with van der Waals surface area (Å²) in [6.07, 6.45) is 2.66. The molecule has 4 heteroatoms. The van der Waals surface area contributed by atoms with Crippen molar-refractivity contribution in [3.05, 3.63) is 22.4 Å². The van der Waals surface area contributed by atoms with Crippen molar-refractivity contribution in [2.24, 2.45) is 0 Å². The number of nitrogens with zero attached hydrogens (tertiary/aromatic N) is 1. The molecule has 0 spiro atoms. The lowest BCUT2D eigenvalue weighted by Gasteiger charge is -2.39. The normalized spacial score (nSPS) is 24.2. The van der Waals surface area contributed by atoms with E-state index in [1.807, 2.05) is 0 Å². The summed E-state index contributed by atoms with van der Waals surface area (Å²) >= 11 is 1.78. The van der Waals surface area contributed by atoms with Gasteiger partial charge in [-0.25, -0.2) is 0 Å². The number of piperazine rings is 1. The van der Waals surface area contributed by atoms with Crippen LogP contribution in [-0.4, -0.2) is 36.0 Å². The Balaban J connectivity index is 1.79. The Kier molecular flexibility index (Phi) is 4.78. The molecule has 0 radical (unpaired) electrons. The van der Waals surface area contributed by atoms with Crippen LogP contribution in [0, 0.1) is 0 Å². The first-order chi connectivity index (χ1) is 8.68. The van der Waals surface area contributed by atoms with E-state index >= 15 is 0 Å². The second kappa shape index (κ2) is 6.34. The number of rotatable bonds is 4. The third-order valence-corrected chi connectivity index (χ3v) is 4.45. The highest BCUT2D eigenvalue weighted by Gasteiger charge is 2.27. The first-order valence-electron chi connectivity index (χ1n) is 6.72. The molecular formula is C14H22N2OS. The highest BCUT2D eigenvalue weighted by Crippen LogP contribution is 2.15. The van der Waals surface area contributed by atoms with Gasteiger partial charge in [0.1, 0.15) is 0 Å². The number of thiophene rings is 1. The fraction of sp³-hybridized carbons (Fsp3) is 0.643. The van der Waals surface area contributed by atoms with Crippen LogP contribution >= 0.6 is 11.3 Å². The van der Waals surface area contributed by atoms with Crippen LogP contribution in [-0.2, 0) is 11.2 Å². The maximum atomic E-state index is 12.2. The second-order valence-electron chi connectivity index (χ2n) is 5.09. The van der Waals surface area contributed by atoms with E-state index in [0.717, 1.165) is 25.9 Å². The van der Waals surface area contributed by atoms with E-state index in [9.17, 15) is 4.79 Å². The molecule has 0 saturated carbocycles. The fourth-order valence-corrected chi connectivity index (χ4v) is 3.37. The number of nitrogens with one attached hydrogen (secondary N) is 1. The lowest BCUT2D eigenvalue weighted by atomic mass is 10.1. The largest absolute Gasteiger partial charge is 0.335 e. The number of carbonyl (C=O) groups is 1. The summed E-state index contributed by atoms with van der Waals surface area (Å²) in [6, 6.07) is 4.86. The first kappa shape index (κ1) is 13.6. The van der Waals surface area contributed by atoms with Crippen molar-refractivity contribution in [3.63, 3.8) is 0 Å². The van der Waals surface area contributed by atoms with Crippen LogP contribution in [0.25, 0.3) is 0 Å². The Labute approximate surface area is 113 Å². The van der Waals surface area contributed by atoms with Gasteiger partial charge in [-0.15, -0.1) is 11.3 Å². The molecule has 1 amide bonds. The van der Waals surface area contributed by atoms with E-state index in [1.54, 1.807) is 11.3 Å². The van der Waals surface area contributed by atoms with Crippen LogP contribution in [0.5, 0.6) is 0 Å². The second-order valence-corrected chi connectivity index (χ2v) is 6.12. The zero-order valence-corrected chi connectivity index (χ0v) is 12.0. The third kappa shape index (κ3) is 3.33. The minimum atomic E-state index is 0.313. The maximum Gasteiger partial charge on any atom is 0.223 e. The lowest BCUT2D eigenvalue weighted by molar-refractivity contribution is -0.136. The van der Waals surface area contributed by atoms with Crippen molar-refractivity contribution < 1.29 is 4.79 Å². The quantitative estimate of drug-likeness (QED) is 0.907. The van der Waals surface area contributed by atoms with E-state index in [-0.39, 0.29) is 0 Å². The van der Waals surface area contributed by atoms with Gasteiger partial charge in [-0.05, 0) is 38.1 Å². The van der Waals surface area contributed by atoms with Crippen molar-refractivity contribution in [3.8, 4) is 0 Å². The Hall–Kier alpha value is -0.870. The van der Waals surface area contributed by atoms with Crippen molar-refractivity contribution in [2.45, 2.75) is 45.2 Å². The van der Waals surface area contributed by atoms with Crippen molar-refractivity contribution >= 4 is 17.2 Å². The summed E-state index contributed by atoms with van der Waals surface area (Å²) in [5.74, 6) is 0.313. The third-order valence-electron chi connectivity index (χ3n) is 3.51. The van der Waals surface area contributed by atoms with Gasteiger partial charge in [0.25, 0.3) is 0 Å². The molecule has 1 aromatic heterocycles. The summed E-state index contributed by atoms with van der Waals surface area (Å²) in [6.45, 7) is 6.08. The van der Waals surface area contributed by atoms with Crippen molar-refractivity contribution in [1.29, 1.82) is 0 Å². The highest BCUT2D eigenvalue weighted by atomic mass is 32.1. The number of carbonyl (C=O) groups excluding carboxylic acids is 1. The van der Waals surface area contributed by atoms with Gasteiger partial charge in [0, 0.05) is 36.5 Å². The molecule has 0 bridgehead atoms. The van der Waals surface area contributed by atoms with Crippen molar-refractivity contribution in [2.75, 3.05) is 13.1 Å².